The predicted octanol–water partition coefficient (Wildman–Crippen LogP) is 5.58. The number of benzene rings is 2. The number of thiophene rings is 1. The standard InChI is InChI=1S/C28H31FN2O3S/c1-20(2)12-15-30(28(33)21-8-4-3-5-9-21)18-27(32)31-16-13-26-22(14-17-35-26)24(31)19-34-25-11-7-6-10-23(25)29/h3-11,14,17,20,24H,12-13,15-16,18-19H2,1-2H3. The van der Waals surface area contributed by atoms with Gasteiger partial charge >= 0.3 is 0 Å². The van der Waals surface area contributed by atoms with E-state index < -0.39 is 5.82 Å². The van der Waals surface area contributed by atoms with E-state index in [9.17, 15) is 14.0 Å². The molecule has 0 aliphatic carbocycles. The van der Waals surface area contributed by atoms with Gasteiger partial charge in [-0.1, -0.05) is 44.2 Å². The predicted molar refractivity (Wildman–Crippen MR) is 136 cm³/mol. The maximum absolute atomic E-state index is 14.2. The van der Waals surface area contributed by atoms with Crippen LogP contribution >= 0.6 is 11.3 Å². The van der Waals surface area contributed by atoms with Crippen LogP contribution in [-0.4, -0.2) is 47.9 Å². The average molecular weight is 495 g/mol. The van der Waals surface area contributed by atoms with Crippen LogP contribution in [0.4, 0.5) is 4.39 Å². The van der Waals surface area contributed by atoms with Crippen LogP contribution in [0.5, 0.6) is 5.75 Å². The molecule has 1 aliphatic rings. The molecule has 0 saturated heterocycles. The molecule has 2 aromatic carbocycles. The Labute approximate surface area is 210 Å². The van der Waals surface area contributed by atoms with Gasteiger partial charge in [-0.3, -0.25) is 9.59 Å². The zero-order valence-electron chi connectivity index (χ0n) is 20.2. The van der Waals surface area contributed by atoms with Crippen molar-refractivity contribution in [3.8, 4) is 5.75 Å². The van der Waals surface area contributed by atoms with Crippen molar-refractivity contribution in [1.29, 1.82) is 0 Å². The van der Waals surface area contributed by atoms with E-state index in [1.165, 1.54) is 10.9 Å². The molecule has 1 aliphatic heterocycles. The van der Waals surface area contributed by atoms with E-state index in [1.807, 2.05) is 29.6 Å². The van der Waals surface area contributed by atoms with E-state index in [2.05, 4.69) is 13.8 Å². The third-order valence-corrected chi connectivity index (χ3v) is 7.26. The molecule has 1 unspecified atom stereocenters. The number of hydrogen-bond donors (Lipinski definition) is 0. The van der Waals surface area contributed by atoms with Gasteiger partial charge in [0.15, 0.2) is 11.6 Å². The quantitative estimate of drug-likeness (QED) is 0.390. The molecule has 184 valence electrons. The van der Waals surface area contributed by atoms with E-state index in [0.29, 0.717) is 24.6 Å². The lowest BCUT2D eigenvalue weighted by Gasteiger charge is -2.37. The lowest BCUT2D eigenvalue weighted by molar-refractivity contribution is -0.135. The number of carbonyl (C=O) groups excluding carboxylic acids is 2. The van der Waals surface area contributed by atoms with Gasteiger partial charge in [0.2, 0.25) is 5.91 Å². The van der Waals surface area contributed by atoms with Crippen molar-refractivity contribution in [3.05, 3.63) is 87.9 Å². The first-order valence-electron chi connectivity index (χ1n) is 12.0. The molecule has 0 radical (unpaired) electrons. The molecule has 2 amide bonds. The van der Waals surface area contributed by atoms with Gasteiger partial charge in [0.1, 0.15) is 13.2 Å². The maximum Gasteiger partial charge on any atom is 0.254 e. The second-order valence-electron chi connectivity index (χ2n) is 9.17. The normalized spacial score (nSPS) is 15.1. The van der Waals surface area contributed by atoms with Crippen LogP contribution in [0.1, 0.15) is 47.1 Å². The minimum Gasteiger partial charge on any atom is -0.488 e. The number of carbonyl (C=O) groups is 2. The molecule has 7 heteroatoms. The molecule has 0 saturated carbocycles. The lowest BCUT2D eigenvalue weighted by Crippen LogP contribution is -2.48. The number of nitrogens with zero attached hydrogens (tertiary/aromatic N) is 2. The molecule has 1 aromatic heterocycles. The molecule has 35 heavy (non-hydrogen) atoms. The summed E-state index contributed by atoms with van der Waals surface area (Å²) in [4.78, 5) is 31.5. The fourth-order valence-corrected chi connectivity index (χ4v) is 5.22. The number of rotatable bonds is 9. The van der Waals surface area contributed by atoms with Crippen LogP contribution in [0.15, 0.2) is 66.0 Å². The zero-order chi connectivity index (χ0) is 24.8. The third kappa shape index (κ3) is 6.09. The number of halogens is 1. The Morgan fingerprint density at radius 2 is 1.86 bits per heavy atom. The van der Waals surface area contributed by atoms with Crippen LogP contribution < -0.4 is 4.74 Å². The largest absolute Gasteiger partial charge is 0.488 e. The van der Waals surface area contributed by atoms with Crippen LogP contribution in [0.3, 0.4) is 0 Å². The molecule has 2 heterocycles. The average Bonchev–Trinajstić information content (AvgIpc) is 3.35. The Balaban J connectivity index is 1.53. The van der Waals surface area contributed by atoms with Gasteiger partial charge in [0.05, 0.1) is 6.04 Å². The molecule has 0 bridgehead atoms. The summed E-state index contributed by atoms with van der Waals surface area (Å²) in [6.07, 6.45) is 1.56. The molecule has 3 aromatic rings. The van der Waals surface area contributed by atoms with E-state index >= 15 is 0 Å². The van der Waals surface area contributed by atoms with Crippen molar-refractivity contribution in [2.45, 2.75) is 32.7 Å². The highest BCUT2D eigenvalue weighted by molar-refractivity contribution is 7.10. The Bertz CT molecular complexity index is 1150. The molecule has 0 spiro atoms. The Morgan fingerprint density at radius 1 is 1.11 bits per heavy atom. The first kappa shape index (κ1) is 24.9. The molecule has 5 nitrogen and oxygen atoms in total. The maximum atomic E-state index is 14.2. The van der Waals surface area contributed by atoms with Crippen molar-refractivity contribution >= 4 is 23.2 Å². The smallest absolute Gasteiger partial charge is 0.254 e. The summed E-state index contributed by atoms with van der Waals surface area (Å²) in [6, 6.07) is 17.0. The monoisotopic (exact) mass is 494 g/mol. The van der Waals surface area contributed by atoms with Crippen molar-refractivity contribution < 1.29 is 18.7 Å². The van der Waals surface area contributed by atoms with Gasteiger partial charge in [-0.25, -0.2) is 4.39 Å². The third-order valence-electron chi connectivity index (χ3n) is 6.26. The van der Waals surface area contributed by atoms with E-state index in [0.717, 1.165) is 18.4 Å². The van der Waals surface area contributed by atoms with Gasteiger partial charge in [-0.05, 0) is 60.0 Å². The van der Waals surface area contributed by atoms with Crippen molar-refractivity contribution in [1.82, 2.24) is 9.80 Å². The van der Waals surface area contributed by atoms with Crippen molar-refractivity contribution in [2.75, 3.05) is 26.2 Å². The van der Waals surface area contributed by atoms with Crippen LogP contribution in [0.25, 0.3) is 0 Å². The van der Waals surface area contributed by atoms with Crippen molar-refractivity contribution in [2.24, 2.45) is 5.92 Å². The van der Waals surface area contributed by atoms with Gasteiger partial charge < -0.3 is 14.5 Å². The summed E-state index contributed by atoms with van der Waals surface area (Å²) in [7, 11) is 0. The minimum absolute atomic E-state index is 0.00385. The first-order valence-corrected chi connectivity index (χ1v) is 12.9. The summed E-state index contributed by atoms with van der Waals surface area (Å²) in [5.74, 6) is -0.134. The number of para-hydroxylation sites is 1. The van der Waals surface area contributed by atoms with Gasteiger partial charge in [-0.2, -0.15) is 0 Å². The zero-order valence-corrected chi connectivity index (χ0v) is 21.0. The molecular formula is C28H31FN2O3S. The summed E-state index contributed by atoms with van der Waals surface area (Å²) < 4.78 is 20.0. The second-order valence-corrected chi connectivity index (χ2v) is 10.2. The number of hydrogen-bond acceptors (Lipinski definition) is 4. The van der Waals surface area contributed by atoms with E-state index in [-0.39, 0.29) is 36.8 Å². The molecule has 1 atom stereocenters. The summed E-state index contributed by atoms with van der Waals surface area (Å²) in [5.41, 5.74) is 1.61. The van der Waals surface area contributed by atoms with Gasteiger partial charge in [0.25, 0.3) is 5.91 Å². The fraction of sp³-hybridized carbons (Fsp3) is 0.357. The van der Waals surface area contributed by atoms with E-state index in [1.54, 1.807) is 51.5 Å². The van der Waals surface area contributed by atoms with Crippen LogP contribution in [0.2, 0.25) is 0 Å². The highest BCUT2D eigenvalue weighted by Gasteiger charge is 2.33. The molecule has 4 rings (SSSR count). The molecule has 0 N–H and O–H groups in total. The van der Waals surface area contributed by atoms with Crippen LogP contribution in [-0.2, 0) is 11.2 Å². The Morgan fingerprint density at radius 3 is 2.60 bits per heavy atom. The Hall–Kier alpha value is -3.19. The SMILES string of the molecule is CC(C)CCN(CC(=O)N1CCc2sccc2C1COc1ccccc1F)C(=O)c1ccccc1. The first-order chi connectivity index (χ1) is 16.9. The van der Waals surface area contributed by atoms with Gasteiger partial charge in [-0.15, -0.1) is 11.3 Å². The fourth-order valence-electron chi connectivity index (χ4n) is 4.29. The second kappa shape index (κ2) is 11.5. The Kier molecular flexibility index (Phi) is 8.18. The minimum atomic E-state index is -0.431. The summed E-state index contributed by atoms with van der Waals surface area (Å²) in [5, 5.41) is 2.02. The van der Waals surface area contributed by atoms with E-state index in [4.69, 9.17) is 4.74 Å². The number of ether oxygens (including phenoxy) is 1. The summed E-state index contributed by atoms with van der Waals surface area (Å²) in [6.45, 7) is 5.39. The highest BCUT2D eigenvalue weighted by atomic mass is 32.1. The van der Waals surface area contributed by atoms with Crippen molar-refractivity contribution in [3.63, 3.8) is 0 Å². The lowest BCUT2D eigenvalue weighted by atomic mass is 10.00. The topological polar surface area (TPSA) is 49.9 Å². The van der Waals surface area contributed by atoms with Crippen LogP contribution in [0, 0.1) is 11.7 Å². The number of amides is 2. The van der Waals surface area contributed by atoms with Gasteiger partial charge in [0, 0.05) is 23.5 Å². The number of fused-ring (bicyclic) bond motifs is 1. The molecular weight excluding hydrogens is 463 g/mol. The molecule has 0 fully saturated rings. The highest BCUT2D eigenvalue weighted by Crippen LogP contribution is 2.34. The summed E-state index contributed by atoms with van der Waals surface area (Å²) >= 11 is 1.66.